The second kappa shape index (κ2) is 5.83. The number of hydrogen-bond donors (Lipinski definition) is 2. The molecule has 1 unspecified atom stereocenters. The van der Waals surface area contributed by atoms with E-state index >= 15 is 0 Å². The number of aliphatic hydroxyl groups is 1. The summed E-state index contributed by atoms with van der Waals surface area (Å²) in [6.45, 7) is -1.10. The number of rotatable bonds is 2. The summed E-state index contributed by atoms with van der Waals surface area (Å²) in [6, 6.07) is 4.02. The molecule has 1 aliphatic rings. The van der Waals surface area contributed by atoms with Crippen molar-refractivity contribution in [2.45, 2.75) is 24.2 Å². The third kappa shape index (κ3) is 3.23. The zero-order valence-corrected chi connectivity index (χ0v) is 12.4. The molecule has 3 N–H and O–H groups in total. The van der Waals surface area contributed by atoms with Gasteiger partial charge in [-0.15, -0.1) is 0 Å². The van der Waals surface area contributed by atoms with E-state index in [0.29, 0.717) is 4.47 Å². The summed E-state index contributed by atoms with van der Waals surface area (Å²) in [4.78, 5) is 0. The van der Waals surface area contributed by atoms with Crippen LogP contribution < -0.4 is 5.73 Å². The van der Waals surface area contributed by atoms with Crippen molar-refractivity contribution in [3.63, 3.8) is 0 Å². The standard InChI is InChI=1S/C13H14BrF4NO2/c14-8-1-2-10(15)9(4-8)12(19)6-21-11(13(16,17)18)3-7(12)5-20/h1-2,4,7,11,20H,3,5-6,19H2/t7?,11-,12+/m1/s1. The fraction of sp³-hybridized carbons (Fsp3) is 0.538. The van der Waals surface area contributed by atoms with Crippen LogP contribution in [0.25, 0.3) is 0 Å². The van der Waals surface area contributed by atoms with Crippen LogP contribution in [-0.4, -0.2) is 30.6 Å². The highest BCUT2D eigenvalue weighted by Crippen LogP contribution is 2.41. The summed E-state index contributed by atoms with van der Waals surface area (Å²) < 4.78 is 57.5. The highest BCUT2D eigenvalue weighted by Gasteiger charge is 2.51. The van der Waals surface area contributed by atoms with Crippen LogP contribution in [0, 0.1) is 11.7 Å². The maximum Gasteiger partial charge on any atom is 0.414 e. The molecule has 2 rings (SSSR count). The summed E-state index contributed by atoms with van der Waals surface area (Å²) in [6.07, 6.45) is -7.05. The van der Waals surface area contributed by atoms with E-state index < -0.39 is 49.2 Å². The molecule has 21 heavy (non-hydrogen) atoms. The van der Waals surface area contributed by atoms with Gasteiger partial charge in [-0.25, -0.2) is 4.39 Å². The van der Waals surface area contributed by atoms with Crippen molar-refractivity contribution in [2.75, 3.05) is 13.2 Å². The Morgan fingerprint density at radius 3 is 2.67 bits per heavy atom. The number of alkyl halides is 3. The topological polar surface area (TPSA) is 55.5 Å². The van der Waals surface area contributed by atoms with Crippen LogP contribution in [0.15, 0.2) is 22.7 Å². The Balaban J connectivity index is 2.36. The molecule has 0 aliphatic carbocycles. The molecule has 0 radical (unpaired) electrons. The Bertz CT molecular complexity index is 525. The lowest BCUT2D eigenvalue weighted by Crippen LogP contribution is -2.57. The van der Waals surface area contributed by atoms with E-state index in [2.05, 4.69) is 15.9 Å². The molecular formula is C13H14BrF4NO2. The van der Waals surface area contributed by atoms with Crippen LogP contribution in [0.3, 0.4) is 0 Å². The van der Waals surface area contributed by atoms with E-state index in [-0.39, 0.29) is 5.56 Å². The number of hydrogen-bond acceptors (Lipinski definition) is 3. The minimum Gasteiger partial charge on any atom is -0.396 e. The monoisotopic (exact) mass is 371 g/mol. The Labute approximate surface area is 127 Å². The Hall–Kier alpha value is -0.700. The molecule has 1 aliphatic heterocycles. The first-order valence-electron chi connectivity index (χ1n) is 6.22. The van der Waals surface area contributed by atoms with Crippen LogP contribution in [-0.2, 0) is 10.3 Å². The van der Waals surface area contributed by atoms with Crippen LogP contribution in [0.5, 0.6) is 0 Å². The van der Waals surface area contributed by atoms with E-state index in [4.69, 9.17) is 10.5 Å². The van der Waals surface area contributed by atoms with Gasteiger partial charge in [0.1, 0.15) is 5.82 Å². The van der Waals surface area contributed by atoms with Crippen molar-refractivity contribution in [3.8, 4) is 0 Å². The maximum atomic E-state index is 14.0. The van der Waals surface area contributed by atoms with Crippen LogP contribution in [0.2, 0.25) is 0 Å². The predicted octanol–water partition coefficient (Wildman–Crippen LogP) is 2.70. The minimum absolute atomic E-state index is 0.0246. The summed E-state index contributed by atoms with van der Waals surface area (Å²) >= 11 is 3.17. The molecule has 1 saturated heterocycles. The maximum absolute atomic E-state index is 14.0. The number of nitrogens with two attached hydrogens (primary N) is 1. The Morgan fingerprint density at radius 1 is 1.43 bits per heavy atom. The molecule has 1 heterocycles. The van der Waals surface area contributed by atoms with Gasteiger partial charge in [0.15, 0.2) is 6.10 Å². The fourth-order valence-corrected chi connectivity index (χ4v) is 2.87. The molecule has 0 saturated carbocycles. The second-order valence-corrected chi connectivity index (χ2v) is 6.04. The van der Waals surface area contributed by atoms with Gasteiger partial charge in [-0.1, -0.05) is 15.9 Å². The quantitative estimate of drug-likeness (QED) is 0.785. The molecule has 0 amide bonds. The lowest BCUT2D eigenvalue weighted by Gasteiger charge is -2.44. The molecule has 1 aromatic carbocycles. The number of ether oxygens (including phenoxy) is 1. The molecule has 1 fully saturated rings. The van der Waals surface area contributed by atoms with E-state index in [1.165, 1.54) is 12.1 Å². The normalized spacial score (nSPS) is 30.4. The number of benzene rings is 1. The molecule has 118 valence electrons. The molecule has 8 heteroatoms. The third-order valence-electron chi connectivity index (χ3n) is 3.77. The van der Waals surface area contributed by atoms with Crippen molar-refractivity contribution >= 4 is 15.9 Å². The molecule has 0 bridgehead atoms. The first kappa shape index (κ1) is 16.7. The van der Waals surface area contributed by atoms with Gasteiger partial charge in [0, 0.05) is 22.6 Å². The van der Waals surface area contributed by atoms with Gasteiger partial charge < -0.3 is 15.6 Å². The van der Waals surface area contributed by atoms with Gasteiger partial charge >= 0.3 is 6.18 Å². The zero-order chi connectivity index (χ0) is 15.8. The minimum atomic E-state index is -4.54. The van der Waals surface area contributed by atoms with Crippen LogP contribution in [0.1, 0.15) is 12.0 Å². The lowest BCUT2D eigenvalue weighted by molar-refractivity contribution is -0.248. The number of aliphatic hydroxyl groups excluding tert-OH is 1. The number of halogens is 5. The first-order chi connectivity index (χ1) is 9.68. The highest BCUT2D eigenvalue weighted by molar-refractivity contribution is 9.10. The smallest absolute Gasteiger partial charge is 0.396 e. The van der Waals surface area contributed by atoms with E-state index in [9.17, 15) is 22.7 Å². The highest BCUT2D eigenvalue weighted by atomic mass is 79.9. The van der Waals surface area contributed by atoms with Crippen molar-refractivity contribution in [1.82, 2.24) is 0 Å². The first-order valence-corrected chi connectivity index (χ1v) is 7.01. The third-order valence-corrected chi connectivity index (χ3v) is 4.26. The van der Waals surface area contributed by atoms with Gasteiger partial charge in [-0.05, 0) is 24.6 Å². The summed E-state index contributed by atoms with van der Waals surface area (Å²) in [5.41, 5.74) is 4.61. The molecular weight excluding hydrogens is 358 g/mol. The van der Waals surface area contributed by atoms with Crippen molar-refractivity contribution < 1.29 is 27.4 Å². The Kier molecular flexibility index (Phi) is 4.63. The van der Waals surface area contributed by atoms with Gasteiger partial charge in [0.2, 0.25) is 0 Å². The van der Waals surface area contributed by atoms with Crippen molar-refractivity contribution in [2.24, 2.45) is 11.7 Å². The van der Waals surface area contributed by atoms with Crippen molar-refractivity contribution in [1.29, 1.82) is 0 Å². The van der Waals surface area contributed by atoms with Gasteiger partial charge in [-0.2, -0.15) is 13.2 Å². The van der Waals surface area contributed by atoms with Crippen LogP contribution >= 0.6 is 15.9 Å². The van der Waals surface area contributed by atoms with E-state index in [1.54, 1.807) is 0 Å². The van der Waals surface area contributed by atoms with Crippen LogP contribution in [0.4, 0.5) is 17.6 Å². The zero-order valence-electron chi connectivity index (χ0n) is 10.8. The second-order valence-electron chi connectivity index (χ2n) is 5.12. The van der Waals surface area contributed by atoms with E-state index in [1.807, 2.05) is 0 Å². The molecule has 3 nitrogen and oxygen atoms in total. The lowest BCUT2D eigenvalue weighted by atomic mass is 9.75. The van der Waals surface area contributed by atoms with Gasteiger partial charge in [0.05, 0.1) is 12.1 Å². The van der Waals surface area contributed by atoms with Gasteiger partial charge in [0.25, 0.3) is 0 Å². The average molecular weight is 372 g/mol. The molecule has 1 aromatic rings. The van der Waals surface area contributed by atoms with Gasteiger partial charge in [-0.3, -0.25) is 0 Å². The largest absolute Gasteiger partial charge is 0.414 e. The fourth-order valence-electron chi connectivity index (χ4n) is 2.51. The summed E-state index contributed by atoms with van der Waals surface area (Å²) in [5, 5.41) is 9.39. The van der Waals surface area contributed by atoms with Crippen molar-refractivity contribution in [3.05, 3.63) is 34.1 Å². The predicted molar refractivity (Wildman–Crippen MR) is 71.0 cm³/mol. The molecule has 0 spiro atoms. The molecule has 0 aromatic heterocycles. The Morgan fingerprint density at radius 2 is 2.10 bits per heavy atom. The summed E-state index contributed by atoms with van der Waals surface area (Å²) in [7, 11) is 0. The SMILES string of the molecule is N[C@@]1(c2cc(Br)ccc2F)CO[C@@H](C(F)(F)F)CC1CO. The molecule has 3 atom stereocenters. The summed E-state index contributed by atoms with van der Waals surface area (Å²) in [5.74, 6) is -1.60. The average Bonchev–Trinajstić information content (AvgIpc) is 2.40. The van der Waals surface area contributed by atoms with E-state index in [0.717, 1.165) is 6.07 Å².